The molecule has 0 amide bonds. The van der Waals surface area contributed by atoms with Crippen LogP contribution in [0.2, 0.25) is 0 Å². The van der Waals surface area contributed by atoms with E-state index in [1.165, 1.54) is 12.1 Å². The van der Waals surface area contributed by atoms with Gasteiger partial charge in [-0.15, -0.1) is 0 Å². The fraction of sp³-hybridized carbons (Fsp3) is 0.364. The summed E-state index contributed by atoms with van der Waals surface area (Å²) in [5.41, 5.74) is 3.62. The number of aromatic nitrogens is 2. The zero-order valence-corrected chi connectivity index (χ0v) is 17.6. The number of pyridine rings is 1. The summed E-state index contributed by atoms with van der Waals surface area (Å²) >= 11 is 0. The number of halogens is 2. The van der Waals surface area contributed by atoms with E-state index in [0.717, 1.165) is 23.3 Å². The molecular weight excluding hydrogens is 404 g/mol. The van der Waals surface area contributed by atoms with E-state index in [1.807, 2.05) is 42.8 Å². The van der Waals surface area contributed by atoms with Crippen LogP contribution in [0.25, 0.3) is 5.65 Å². The zero-order valence-electron chi connectivity index (χ0n) is 17.6. The maximum atomic E-state index is 12.2. The molecule has 1 unspecified atom stereocenters. The molecule has 0 spiro atoms. The Morgan fingerprint density at radius 3 is 2.68 bits per heavy atom. The number of benzene rings is 1. The molecular formula is C22H27F2N5O2. The number of nitrogens with one attached hydrogen (secondary N) is 2. The molecule has 2 aromatic heterocycles. The SMILES string of the molecule is CCNC(=NCC(O)c1ccc(OC(F)F)cc1)NCCc1cn2cccc(C)c2n1. The number of ether oxygens (including phenoxy) is 1. The lowest BCUT2D eigenvalue weighted by molar-refractivity contribution is -0.0498. The first-order valence-electron chi connectivity index (χ1n) is 10.1. The largest absolute Gasteiger partial charge is 0.435 e. The Morgan fingerprint density at radius 1 is 1.23 bits per heavy atom. The minimum absolute atomic E-state index is 0.0478. The second-order valence-electron chi connectivity index (χ2n) is 7.01. The van der Waals surface area contributed by atoms with Crippen LogP contribution in [0, 0.1) is 6.92 Å². The molecule has 0 fully saturated rings. The van der Waals surface area contributed by atoms with Crippen LogP contribution in [0.3, 0.4) is 0 Å². The van der Waals surface area contributed by atoms with Crippen molar-refractivity contribution in [1.29, 1.82) is 0 Å². The second kappa shape index (κ2) is 10.7. The van der Waals surface area contributed by atoms with Gasteiger partial charge < -0.3 is 24.9 Å². The Hall–Kier alpha value is -3.20. The standard InChI is InChI=1S/C22H27F2N5O2/c1-3-25-22(26-11-10-17-14-29-12-4-5-15(2)20(29)28-17)27-13-19(30)16-6-8-18(9-7-16)31-21(23)24/h4-9,12,14,19,21,30H,3,10-11,13H2,1-2H3,(H2,25,26,27). The summed E-state index contributed by atoms with van der Waals surface area (Å²) in [5.74, 6) is 0.630. The van der Waals surface area contributed by atoms with E-state index in [1.54, 1.807) is 12.1 Å². The molecule has 0 aliphatic heterocycles. The van der Waals surface area contributed by atoms with Gasteiger partial charge >= 0.3 is 6.61 Å². The summed E-state index contributed by atoms with van der Waals surface area (Å²) in [6.07, 6.45) is 3.85. The number of aliphatic hydroxyl groups excluding tert-OH is 1. The van der Waals surface area contributed by atoms with Crippen LogP contribution in [0.1, 0.15) is 29.8 Å². The van der Waals surface area contributed by atoms with Gasteiger partial charge in [-0.2, -0.15) is 8.78 Å². The van der Waals surface area contributed by atoms with Crippen molar-refractivity contribution >= 4 is 11.6 Å². The first kappa shape index (κ1) is 22.5. The monoisotopic (exact) mass is 431 g/mol. The highest BCUT2D eigenvalue weighted by molar-refractivity contribution is 5.79. The van der Waals surface area contributed by atoms with Crippen molar-refractivity contribution in [1.82, 2.24) is 20.0 Å². The molecule has 9 heteroatoms. The van der Waals surface area contributed by atoms with E-state index in [4.69, 9.17) is 0 Å². The number of nitrogens with zero attached hydrogens (tertiary/aromatic N) is 3. The van der Waals surface area contributed by atoms with Gasteiger partial charge in [-0.05, 0) is 43.2 Å². The van der Waals surface area contributed by atoms with Crippen LogP contribution < -0.4 is 15.4 Å². The number of aryl methyl sites for hydroxylation is 1. The Labute approximate surface area is 179 Å². The van der Waals surface area contributed by atoms with E-state index in [2.05, 4.69) is 25.3 Å². The van der Waals surface area contributed by atoms with E-state index < -0.39 is 12.7 Å². The third kappa shape index (κ3) is 6.39. The number of guanidine groups is 1. The number of hydrogen-bond acceptors (Lipinski definition) is 4. The summed E-state index contributed by atoms with van der Waals surface area (Å²) in [7, 11) is 0. The Kier molecular flexibility index (Phi) is 7.77. The van der Waals surface area contributed by atoms with Crippen LogP contribution in [0.15, 0.2) is 53.8 Å². The number of aliphatic hydroxyl groups is 1. The molecule has 31 heavy (non-hydrogen) atoms. The highest BCUT2D eigenvalue weighted by Crippen LogP contribution is 2.19. The third-order valence-electron chi connectivity index (χ3n) is 4.66. The van der Waals surface area contributed by atoms with Crippen molar-refractivity contribution in [3.63, 3.8) is 0 Å². The molecule has 0 aliphatic rings. The molecule has 0 bridgehead atoms. The van der Waals surface area contributed by atoms with Gasteiger partial charge in [0, 0.05) is 31.9 Å². The molecule has 1 atom stereocenters. The molecule has 3 aromatic rings. The average Bonchev–Trinajstić information content (AvgIpc) is 3.16. The zero-order chi connectivity index (χ0) is 22.2. The average molecular weight is 431 g/mol. The maximum Gasteiger partial charge on any atom is 0.387 e. The van der Waals surface area contributed by atoms with Gasteiger partial charge in [-0.1, -0.05) is 18.2 Å². The van der Waals surface area contributed by atoms with Gasteiger partial charge in [-0.25, -0.2) is 4.98 Å². The van der Waals surface area contributed by atoms with Crippen molar-refractivity contribution < 1.29 is 18.6 Å². The molecule has 1 aromatic carbocycles. The molecule has 0 radical (unpaired) electrons. The second-order valence-corrected chi connectivity index (χ2v) is 7.01. The van der Waals surface area contributed by atoms with E-state index in [0.29, 0.717) is 24.6 Å². The number of rotatable bonds is 9. The van der Waals surface area contributed by atoms with Crippen LogP contribution in [-0.4, -0.2) is 46.7 Å². The Morgan fingerprint density at radius 2 is 2.00 bits per heavy atom. The molecule has 3 N–H and O–H groups in total. The predicted octanol–water partition coefficient (Wildman–Crippen LogP) is 3.08. The summed E-state index contributed by atoms with van der Waals surface area (Å²) in [6.45, 7) is 2.54. The maximum absolute atomic E-state index is 12.2. The summed E-state index contributed by atoms with van der Waals surface area (Å²) < 4.78 is 30.8. The van der Waals surface area contributed by atoms with Crippen molar-refractivity contribution in [2.24, 2.45) is 4.99 Å². The minimum atomic E-state index is -2.88. The first-order valence-corrected chi connectivity index (χ1v) is 10.1. The van der Waals surface area contributed by atoms with Crippen LogP contribution >= 0.6 is 0 Å². The fourth-order valence-electron chi connectivity index (χ4n) is 3.13. The van der Waals surface area contributed by atoms with E-state index in [9.17, 15) is 13.9 Å². The molecule has 0 saturated heterocycles. The van der Waals surface area contributed by atoms with Gasteiger partial charge in [0.2, 0.25) is 0 Å². The number of imidazole rings is 1. The van der Waals surface area contributed by atoms with Crippen LogP contribution in [0.4, 0.5) is 8.78 Å². The van der Waals surface area contributed by atoms with Crippen molar-refractivity contribution in [2.75, 3.05) is 19.6 Å². The number of fused-ring (bicyclic) bond motifs is 1. The minimum Gasteiger partial charge on any atom is -0.435 e. The highest BCUT2D eigenvalue weighted by atomic mass is 19.3. The molecule has 7 nitrogen and oxygen atoms in total. The lowest BCUT2D eigenvalue weighted by atomic mass is 10.1. The van der Waals surface area contributed by atoms with Crippen molar-refractivity contribution in [3.05, 3.63) is 65.6 Å². The molecule has 166 valence electrons. The van der Waals surface area contributed by atoms with Gasteiger partial charge in [-0.3, -0.25) is 4.99 Å². The van der Waals surface area contributed by atoms with E-state index in [-0.39, 0.29) is 12.3 Å². The van der Waals surface area contributed by atoms with Gasteiger partial charge in [0.25, 0.3) is 0 Å². The molecule has 0 saturated carbocycles. The quantitative estimate of drug-likeness (QED) is 0.358. The lowest BCUT2D eigenvalue weighted by Crippen LogP contribution is -2.38. The van der Waals surface area contributed by atoms with Gasteiger partial charge in [0.1, 0.15) is 11.4 Å². The number of hydrogen-bond donors (Lipinski definition) is 3. The Bertz CT molecular complexity index is 1000. The predicted molar refractivity (Wildman–Crippen MR) is 116 cm³/mol. The summed E-state index contributed by atoms with van der Waals surface area (Å²) in [5, 5.41) is 16.7. The smallest absolute Gasteiger partial charge is 0.387 e. The topological polar surface area (TPSA) is 83.2 Å². The molecule has 2 heterocycles. The third-order valence-corrected chi connectivity index (χ3v) is 4.66. The summed E-state index contributed by atoms with van der Waals surface area (Å²) in [4.78, 5) is 9.08. The van der Waals surface area contributed by atoms with Gasteiger partial charge in [0.05, 0.1) is 18.3 Å². The number of alkyl halides is 2. The van der Waals surface area contributed by atoms with Gasteiger partial charge in [0.15, 0.2) is 5.96 Å². The normalized spacial score (nSPS) is 12.9. The number of aliphatic imine (C=N–C) groups is 1. The molecule has 0 aliphatic carbocycles. The van der Waals surface area contributed by atoms with Crippen molar-refractivity contribution in [2.45, 2.75) is 33.0 Å². The van der Waals surface area contributed by atoms with Crippen LogP contribution in [-0.2, 0) is 6.42 Å². The van der Waals surface area contributed by atoms with E-state index >= 15 is 0 Å². The fourth-order valence-corrected chi connectivity index (χ4v) is 3.13. The first-order chi connectivity index (χ1) is 15.0. The highest BCUT2D eigenvalue weighted by Gasteiger charge is 2.10. The van der Waals surface area contributed by atoms with Crippen LogP contribution in [0.5, 0.6) is 5.75 Å². The Balaban J connectivity index is 1.54. The van der Waals surface area contributed by atoms with Crippen molar-refractivity contribution in [3.8, 4) is 5.75 Å². The molecule has 3 rings (SSSR count). The summed E-state index contributed by atoms with van der Waals surface area (Å²) in [6, 6.07) is 9.91. The lowest BCUT2D eigenvalue weighted by Gasteiger charge is -2.13.